The lowest BCUT2D eigenvalue weighted by Gasteiger charge is -2.23. The van der Waals surface area contributed by atoms with E-state index in [1.54, 1.807) is 6.92 Å². The van der Waals surface area contributed by atoms with E-state index in [9.17, 15) is 14.7 Å². The van der Waals surface area contributed by atoms with Gasteiger partial charge >= 0.3 is 5.69 Å². The van der Waals surface area contributed by atoms with Crippen LogP contribution >= 0.6 is 0 Å². The quantitative estimate of drug-likeness (QED) is 0.857. The van der Waals surface area contributed by atoms with Gasteiger partial charge in [0, 0.05) is 6.04 Å². The Hall–Kier alpha value is -1.52. The minimum Gasteiger partial charge on any atom is -0.494 e. The molecule has 0 bridgehead atoms. The predicted octanol–water partition coefficient (Wildman–Crippen LogP) is 1.56. The van der Waals surface area contributed by atoms with E-state index < -0.39 is 11.2 Å². The fraction of sp³-hybridized carbons (Fsp3) is 0.692. The second kappa shape index (κ2) is 5.00. The SMILES string of the molecule is CCc1c(O)n(C(C)C2CCCC2)c(=O)[nH]c1=O. The Morgan fingerprint density at radius 2 is 2.00 bits per heavy atom. The second-order valence-corrected chi connectivity index (χ2v) is 5.07. The number of rotatable bonds is 3. The van der Waals surface area contributed by atoms with Crippen molar-refractivity contribution in [2.24, 2.45) is 5.92 Å². The summed E-state index contributed by atoms with van der Waals surface area (Å²) in [4.78, 5) is 25.7. The minimum absolute atomic E-state index is 0.0675. The summed E-state index contributed by atoms with van der Waals surface area (Å²) in [5.74, 6) is 0.245. The molecule has 2 rings (SSSR count). The fourth-order valence-electron chi connectivity index (χ4n) is 2.92. The number of hydrogen-bond acceptors (Lipinski definition) is 3. The molecule has 5 nitrogen and oxygen atoms in total. The molecule has 5 heteroatoms. The smallest absolute Gasteiger partial charge is 0.331 e. The molecule has 1 aliphatic rings. The lowest BCUT2D eigenvalue weighted by atomic mass is 9.99. The lowest BCUT2D eigenvalue weighted by molar-refractivity contribution is 0.298. The average Bonchev–Trinajstić information content (AvgIpc) is 2.81. The third-order valence-corrected chi connectivity index (χ3v) is 4.05. The van der Waals surface area contributed by atoms with Crippen molar-refractivity contribution in [1.29, 1.82) is 0 Å². The number of hydrogen-bond donors (Lipinski definition) is 2. The molecule has 2 N–H and O–H groups in total. The third kappa shape index (κ3) is 2.09. The van der Waals surface area contributed by atoms with Crippen molar-refractivity contribution in [3.05, 3.63) is 26.4 Å². The second-order valence-electron chi connectivity index (χ2n) is 5.07. The van der Waals surface area contributed by atoms with Crippen molar-refractivity contribution in [1.82, 2.24) is 9.55 Å². The van der Waals surface area contributed by atoms with Gasteiger partial charge in [0.15, 0.2) is 0 Å². The van der Waals surface area contributed by atoms with Crippen molar-refractivity contribution >= 4 is 0 Å². The molecule has 1 saturated carbocycles. The summed E-state index contributed by atoms with van der Waals surface area (Å²) < 4.78 is 1.34. The Morgan fingerprint density at radius 1 is 1.39 bits per heavy atom. The topological polar surface area (TPSA) is 75.1 Å². The summed E-state index contributed by atoms with van der Waals surface area (Å²) in [5.41, 5.74) is -0.691. The molecule has 0 amide bonds. The molecule has 0 aromatic carbocycles. The van der Waals surface area contributed by atoms with Crippen molar-refractivity contribution in [2.45, 2.75) is 52.0 Å². The normalized spacial score (nSPS) is 18.1. The molecule has 1 fully saturated rings. The van der Waals surface area contributed by atoms with Crippen LogP contribution in [0.1, 0.15) is 51.1 Å². The Labute approximate surface area is 105 Å². The zero-order valence-corrected chi connectivity index (χ0v) is 10.9. The van der Waals surface area contributed by atoms with Crippen LogP contribution < -0.4 is 11.2 Å². The molecule has 1 unspecified atom stereocenters. The standard InChI is InChI=1S/C13H20N2O3/c1-3-10-11(16)14-13(18)15(12(10)17)8(2)9-6-4-5-7-9/h8-9,17H,3-7H2,1-2H3,(H,14,16,18). The Balaban J connectivity index is 2.49. The number of aromatic hydroxyl groups is 1. The van der Waals surface area contributed by atoms with Gasteiger partial charge in [0.2, 0.25) is 5.88 Å². The van der Waals surface area contributed by atoms with Crippen molar-refractivity contribution in [3.63, 3.8) is 0 Å². The van der Waals surface area contributed by atoms with Gasteiger partial charge in [-0.15, -0.1) is 0 Å². The van der Waals surface area contributed by atoms with E-state index in [0.717, 1.165) is 12.8 Å². The summed E-state index contributed by atoms with van der Waals surface area (Å²) in [7, 11) is 0. The molecule has 1 aromatic heterocycles. The maximum atomic E-state index is 11.9. The van der Waals surface area contributed by atoms with E-state index in [1.807, 2.05) is 6.92 Å². The molecule has 1 atom stereocenters. The van der Waals surface area contributed by atoms with E-state index in [1.165, 1.54) is 17.4 Å². The van der Waals surface area contributed by atoms with Gasteiger partial charge in [-0.25, -0.2) is 4.79 Å². The molecule has 0 aliphatic heterocycles. The molecule has 0 saturated heterocycles. The van der Waals surface area contributed by atoms with Crippen molar-refractivity contribution < 1.29 is 5.11 Å². The Kier molecular flexibility index (Phi) is 3.59. The lowest BCUT2D eigenvalue weighted by Crippen LogP contribution is -2.35. The number of aromatic nitrogens is 2. The van der Waals surface area contributed by atoms with Crippen LogP contribution in [0.2, 0.25) is 0 Å². The Morgan fingerprint density at radius 3 is 2.56 bits per heavy atom. The molecular formula is C13H20N2O3. The highest BCUT2D eigenvalue weighted by Gasteiger charge is 2.26. The van der Waals surface area contributed by atoms with Crippen molar-refractivity contribution in [2.75, 3.05) is 0 Å². The first-order valence-corrected chi connectivity index (χ1v) is 6.63. The molecule has 0 radical (unpaired) electrons. The van der Waals surface area contributed by atoms with Gasteiger partial charge in [-0.2, -0.15) is 0 Å². The largest absolute Gasteiger partial charge is 0.494 e. The van der Waals surface area contributed by atoms with Gasteiger partial charge in [-0.05, 0) is 32.1 Å². The van der Waals surface area contributed by atoms with Gasteiger partial charge in [0.05, 0.1) is 5.56 Å². The zero-order valence-electron chi connectivity index (χ0n) is 10.9. The van der Waals surface area contributed by atoms with Gasteiger partial charge in [-0.3, -0.25) is 14.3 Å². The predicted molar refractivity (Wildman–Crippen MR) is 69.0 cm³/mol. The summed E-state index contributed by atoms with van der Waals surface area (Å²) in [6.45, 7) is 3.73. The summed E-state index contributed by atoms with van der Waals surface area (Å²) in [6, 6.07) is -0.0675. The summed E-state index contributed by atoms with van der Waals surface area (Å²) in [5, 5.41) is 10.1. The van der Waals surface area contributed by atoms with Crippen LogP contribution in [0, 0.1) is 5.92 Å². The maximum absolute atomic E-state index is 11.9. The van der Waals surface area contributed by atoms with Crippen molar-refractivity contribution in [3.8, 4) is 5.88 Å². The van der Waals surface area contributed by atoms with E-state index >= 15 is 0 Å². The number of aromatic amines is 1. The highest BCUT2D eigenvalue weighted by Crippen LogP contribution is 2.34. The Bertz CT molecular complexity index is 538. The van der Waals surface area contributed by atoms with Gasteiger partial charge in [-0.1, -0.05) is 19.8 Å². The third-order valence-electron chi connectivity index (χ3n) is 4.05. The highest BCUT2D eigenvalue weighted by atomic mass is 16.3. The average molecular weight is 252 g/mol. The summed E-state index contributed by atoms with van der Waals surface area (Å²) >= 11 is 0. The first-order valence-electron chi connectivity index (χ1n) is 6.63. The fourth-order valence-corrected chi connectivity index (χ4v) is 2.92. The van der Waals surface area contributed by atoms with Crippen LogP contribution in [-0.2, 0) is 6.42 Å². The molecular weight excluding hydrogens is 232 g/mol. The first-order chi connectivity index (χ1) is 8.56. The monoisotopic (exact) mass is 252 g/mol. The van der Waals surface area contributed by atoms with Gasteiger partial charge in [0.25, 0.3) is 5.56 Å². The van der Waals surface area contributed by atoms with Crippen LogP contribution in [0.4, 0.5) is 0 Å². The van der Waals surface area contributed by atoms with Crippen LogP contribution in [0.25, 0.3) is 0 Å². The van der Waals surface area contributed by atoms with Gasteiger partial charge < -0.3 is 5.11 Å². The van der Waals surface area contributed by atoms with Crippen LogP contribution in [0.5, 0.6) is 5.88 Å². The van der Waals surface area contributed by atoms with Crippen LogP contribution in [-0.4, -0.2) is 14.7 Å². The molecule has 18 heavy (non-hydrogen) atoms. The number of H-pyrrole nitrogens is 1. The van der Waals surface area contributed by atoms with E-state index in [2.05, 4.69) is 4.98 Å². The molecule has 1 aromatic rings. The van der Waals surface area contributed by atoms with Gasteiger partial charge in [0.1, 0.15) is 0 Å². The first kappa shape index (κ1) is 12.9. The maximum Gasteiger partial charge on any atom is 0.331 e. The highest BCUT2D eigenvalue weighted by molar-refractivity contribution is 5.23. The van der Waals surface area contributed by atoms with E-state index in [4.69, 9.17) is 0 Å². The van der Waals surface area contributed by atoms with Crippen LogP contribution in [0.3, 0.4) is 0 Å². The molecule has 0 spiro atoms. The zero-order chi connectivity index (χ0) is 13.3. The molecule has 1 aliphatic carbocycles. The minimum atomic E-state index is -0.505. The molecule has 100 valence electrons. The number of nitrogens with zero attached hydrogens (tertiary/aromatic N) is 1. The van der Waals surface area contributed by atoms with E-state index in [0.29, 0.717) is 17.9 Å². The summed E-state index contributed by atoms with van der Waals surface area (Å²) in [6.07, 6.45) is 4.92. The van der Waals surface area contributed by atoms with E-state index in [-0.39, 0.29) is 11.9 Å². The van der Waals surface area contributed by atoms with Crippen LogP contribution in [0.15, 0.2) is 9.59 Å². The number of nitrogens with one attached hydrogen (secondary N) is 1. The molecule has 1 heterocycles.